The monoisotopic (exact) mass is 497 g/mol. The molecule has 0 aliphatic heterocycles. The molecule has 4 heteroatoms. The molecule has 1 N–H and O–H groups in total. The minimum Gasteiger partial charge on any atom is -0.460 e. The van der Waals surface area contributed by atoms with Gasteiger partial charge < -0.3 is 10.1 Å². The van der Waals surface area contributed by atoms with Gasteiger partial charge in [-0.3, -0.25) is 4.79 Å². The number of nitrogens with one attached hydrogen (secondary N) is 1. The number of amides is 1. The lowest BCUT2D eigenvalue weighted by Gasteiger charge is -2.45. The van der Waals surface area contributed by atoms with Crippen molar-refractivity contribution < 1.29 is 14.3 Å². The molecule has 0 aromatic heterocycles. The number of esters is 1. The van der Waals surface area contributed by atoms with E-state index in [1.54, 1.807) is 19.1 Å². The zero-order valence-electron chi connectivity index (χ0n) is 22.4. The van der Waals surface area contributed by atoms with Gasteiger partial charge in [0.2, 0.25) is 0 Å². The largest absolute Gasteiger partial charge is 0.460 e. The van der Waals surface area contributed by atoms with E-state index in [4.69, 9.17) is 4.74 Å². The number of rotatable bonds is 8. The summed E-state index contributed by atoms with van der Waals surface area (Å²) in [5.41, 5.74) is 1.36. The Kier molecular flexibility index (Phi) is 8.16. The molecular weight excluding hydrogens is 458 g/mol. The predicted molar refractivity (Wildman–Crippen MR) is 148 cm³/mol. The highest BCUT2D eigenvalue weighted by Gasteiger charge is 2.45. The van der Waals surface area contributed by atoms with Crippen molar-refractivity contribution in [3.8, 4) is 0 Å². The van der Waals surface area contributed by atoms with Gasteiger partial charge in [-0.15, -0.1) is 0 Å². The second-order valence-electron chi connectivity index (χ2n) is 11.4. The molecule has 1 aliphatic carbocycles. The smallest absolute Gasteiger partial charge is 0.332 e. The van der Waals surface area contributed by atoms with E-state index in [1.165, 1.54) is 5.56 Å². The third-order valence-corrected chi connectivity index (χ3v) is 8.03. The number of carbonyl (C=O) groups excluding carboxylic acids is 2. The van der Waals surface area contributed by atoms with Gasteiger partial charge in [-0.05, 0) is 54.4 Å². The van der Waals surface area contributed by atoms with Crippen LogP contribution in [-0.2, 0) is 21.4 Å². The van der Waals surface area contributed by atoms with Crippen LogP contribution in [0.15, 0.2) is 91.0 Å². The summed E-state index contributed by atoms with van der Waals surface area (Å²) in [6.45, 7) is 8.52. The summed E-state index contributed by atoms with van der Waals surface area (Å²) in [4.78, 5) is 27.2. The average Bonchev–Trinajstić information content (AvgIpc) is 2.90. The number of carbonyl (C=O) groups is 2. The minimum atomic E-state index is -1.21. The minimum absolute atomic E-state index is 0.157. The van der Waals surface area contributed by atoms with Crippen LogP contribution in [0.5, 0.6) is 0 Å². The number of benzene rings is 3. The highest BCUT2D eigenvalue weighted by molar-refractivity contribution is 5.98. The van der Waals surface area contributed by atoms with Crippen LogP contribution >= 0.6 is 0 Å². The Morgan fingerprint density at radius 3 is 2.03 bits per heavy atom. The number of hydrogen-bond acceptors (Lipinski definition) is 3. The Labute approximate surface area is 221 Å². The third kappa shape index (κ3) is 6.30. The Morgan fingerprint density at radius 1 is 0.838 bits per heavy atom. The van der Waals surface area contributed by atoms with E-state index in [0.29, 0.717) is 17.9 Å². The van der Waals surface area contributed by atoms with E-state index in [1.807, 2.05) is 54.6 Å². The second-order valence-corrected chi connectivity index (χ2v) is 11.4. The zero-order valence-corrected chi connectivity index (χ0v) is 22.4. The van der Waals surface area contributed by atoms with Crippen molar-refractivity contribution >= 4 is 11.9 Å². The van der Waals surface area contributed by atoms with Crippen molar-refractivity contribution in [3.63, 3.8) is 0 Å². The van der Waals surface area contributed by atoms with Crippen molar-refractivity contribution in [2.45, 2.75) is 70.4 Å². The zero-order chi connectivity index (χ0) is 26.5. The normalized spacial score (nSPS) is 21.5. The number of hydrogen-bond donors (Lipinski definition) is 1. The summed E-state index contributed by atoms with van der Waals surface area (Å²) in [5, 5.41) is 3.03. The third-order valence-electron chi connectivity index (χ3n) is 8.03. The molecule has 4 rings (SSSR count). The molecule has 0 spiro atoms. The second kappa shape index (κ2) is 11.3. The number of ether oxygens (including phenoxy) is 1. The fraction of sp³-hybridized carbons (Fsp3) is 0.394. The summed E-state index contributed by atoms with van der Waals surface area (Å²) in [6, 6.07) is 29.3. The van der Waals surface area contributed by atoms with Gasteiger partial charge in [-0.25, -0.2) is 4.79 Å². The molecular formula is C33H39NO3. The maximum atomic E-state index is 14.0. The van der Waals surface area contributed by atoms with Gasteiger partial charge in [0.05, 0.1) is 0 Å². The summed E-state index contributed by atoms with van der Waals surface area (Å²) in [7, 11) is 0. The van der Waals surface area contributed by atoms with Crippen LogP contribution in [0.2, 0.25) is 0 Å². The van der Waals surface area contributed by atoms with Gasteiger partial charge in [-0.2, -0.15) is 0 Å². The van der Waals surface area contributed by atoms with Crippen molar-refractivity contribution in [3.05, 3.63) is 108 Å². The first-order valence-electron chi connectivity index (χ1n) is 13.4. The van der Waals surface area contributed by atoms with E-state index in [-0.39, 0.29) is 29.3 Å². The summed E-state index contributed by atoms with van der Waals surface area (Å²) in [5.74, 6) is -0.0106. The highest BCUT2D eigenvalue weighted by atomic mass is 16.5. The molecule has 0 unspecified atom stereocenters. The lowest BCUT2D eigenvalue weighted by molar-refractivity contribution is -0.163. The van der Waals surface area contributed by atoms with Crippen LogP contribution in [0.4, 0.5) is 0 Å². The quantitative estimate of drug-likeness (QED) is 0.351. The maximum Gasteiger partial charge on any atom is 0.332 e. The molecule has 37 heavy (non-hydrogen) atoms. The van der Waals surface area contributed by atoms with Crippen LogP contribution < -0.4 is 5.32 Å². The first kappa shape index (κ1) is 26.7. The predicted octanol–water partition coefficient (Wildman–Crippen LogP) is 6.74. The molecule has 1 aliphatic rings. The standard InChI is InChI=1S/C33H39NO3/c1-24-20-21-28(32(2,3)27-18-12-7-13-19-27)29(22-24)37-31(36)33(4,23-25-14-8-5-9-15-25)34-30(35)26-16-10-6-11-17-26/h5-19,24,28-29H,20-23H2,1-4H3,(H,34,35)/t24-,28-,29-,33+/m1/s1. The van der Waals surface area contributed by atoms with E-state index in [2.05, 4.69) is 50.4 Å². The van der Waals surface area contributed by atoms with Crippen LogP contribution in [0, 0.1) is 11.8 Å². The summed E-state index contributed by atoms with van der Waals surface area (Å²) >= 11 is 0. The molecule has 4 nitrogen and oxygen atoms in total. The fourth-order valence-electron chi connectivity index (χ4n) is 5.72. The van der Waals surface area contributed by atoms with Crippen molar-refractivity contribution in [1.29, 1.82) is 0 Å². The van der Waals surface area contributed by atoms with Crippen molar-refractivity contribution in [1.82, 2.24) is 5.32 Å². The highest BCUT2D eigenvalue weighted by Crippen LogP contribution is 2.44. The lowest BCUT2D eigenvalue weighted by atomic mass is 9.64. The van der Waals surface area contributed by atoms with Crippen molar-refractivity contribution in [2.75, 3.05) is 0 Å². The molecule has 1 fully saturated rings. The van der Waals surface area contributed by atoms with Gasteiger partial charge in [0.15, 0.2) is 0 Å². The van der Waals surface area contributed by atoms with E-state index < -0.39 is 5.54 Å². The average molecular weight is 498 g/mol. The molecule has 3 aromatic carbocycles. The van der Waals surface area contributed by atoms with Crippen LogP contribution in [0.1, 0.15) is 68.4 Å². The molecule has 0 heterocycles. The molecule has 4 atom stereocenters. The van der Waals surface area contributed by atoms with Crippen LogP contribution in [0.3, 0.4) is 0 Å². The maximum absolute atomic E-state index is 14.0. The SMILES string of the molecule is C[C@@H]1CC[C@@H](C(C)(C)c2ccccc2)[C@H](OC(=O)[C@](C)(Cc2ccccc2)NC(=O)c2ccccc2)C1. The Bertz CT molecular complexity index is 1180. The van der Waals surface area contributed by atoms with Crippen LogP contribution in [0.25, 0.3) is 0 Å². The van der Waals surface area contributed by atoms with E-state index in [9.17, 15) is 9.59 Å². The molecule has 3 aromatic rings. The van der Waals surface area contributed by atoms with E-state index >= 15 is 0 Å². The van der Waals surface area contributed by atoms with Gasteiger partial charge in [0.1, 0.15) is 11.6 Å². The first-order chi connectivity index (χ1) is 17.7. The molecule has 1 amide bonds. The molecule has 0 saturated heterocycles. The molecule has 0 radical (unpaired) electrons. The lowest BCUT2D eigenvalue weighted by Crippen LogP contribution is -2.56. The Morgan fingerprint density at radius 2 is 1.41 bits per heavy atom. The van der Waals surface area contributed by atoms with Crippen LogP contribution in [-0.4, -0.2) is 23.5 Å². The molecule has 1 saturated carbocycles. The van der Waals surface area contributed by atoms with E-state index in [0.717, 1.165) is 24.8 Å². The Hall–Kier alpha value is -3.40. The first-order valence-corrected chi connectivity index (χ1v) is 13.4. The molecule has 0 bridgehead atoms. The summed E-state index contributed by atoms with van der Waals surface area (Å²) < 4.78 is 6.40. The molecule has 194 valence electrons. The fourth-order valence-corrected chi connectivity index (χ4v) is 5.72. The Balaban J connectivity index is 1.61. The van der Waals surface area contributed by atoms with Gasteiger partial charge in [0.25, 0.3) is 5.91 Å². The summed E-state index contributed by atoms with van der Waals surface area (Å²) in [6.07, 6.45) is 3.05. The topological polar surface area (TPSA) is 55.4 Å². The van der Waals surface area contributed by atoms with Gasteiger partial charge >= 0.3 is 5.97 Å². The van der Waals surface area contributed by atoms with Crippen molar-refractivity contribution in [2.24, 2.45) is 11.8 Å². The van der Waals surface area contributed by atoms with Gasteiger partial charge in [0, 0.05) is 17.9 Å². The van der Waals surface area contributed by atoms with Gasteiger partial charge in [-0.1, -0.05) is 106 Å².